The second-order valence-electron chi connectivity index (χ2n) is 5.51. The minimum atomic E-state index is -0.304. The first-order chi connectivity index (χ1) is 11.7. The second kappa shape index (κ2) is 5.94. The Bertz CT molecular complexity index is 944. The highest BCUT2D eigenvalue weighted by Crippen LogP contribution is 2.36. The van der Waals surface area contributed by atoms with Crippen LogP contribution in [0.5, 0.6) is 0 Å². The molecule has 1 aromatic heterocycles. The number of rotatable bonds is 3. The molecule has 1 amide bonds. The van der Waals surface area contributed by atoms with Gasteiger partial charge in [-0.3, -0.25) is 9.89 Å². The van der Waals surface area contributed by atoms with E-state index in [1.807, 2.05) is 30.3 Å². The predicted molar refractivity (Wildman–Crippen MR) is 93.3 cm³/mol. The molecule has 0 aliphatic heterocycles. The number of amides is 1. The Kier molecular flexibility index (Phi) is 3.63. The maximum atomic E-state index is 12.3. The van der Waals surface area contributed by atoms with Crippen LogP contribution in [-0.4, -0.2) is 22.3 Å². The van der Waals surface area contributed by atoms with Crippen molar-refractivity contribution < 1.29 is 4.79 Å². The number of benzene rings is 2. The summed E-state index contributed by atoms with van der Waals surface area (Å²) < 4.78 is 0. The number of H-pyrrole nitrogens is 1. The van der Waals surface area contributed by atoms with E-state index in [1.54, 1.807) is 18.3 Å². The van der Waals surface area contributed by atoms with Gasteiger partial charge in [-0.1, -0.05) is 48.0 Å². The molecule has 1 heterocycles. The number of hydrogen-bond acceptors (Lipinski definition) is 3. The van der Waals surface area contributed by atoms with Gasteiger partial charge >= 0.3 is 0 Å². The quantitative estimate of drug-likeness (QED) is 0.444. The van der Waals surface area contributed by atoms with Gasteiger partial charge in [-0.15, -0.1) is 0 Å². The second-order valence-corrected chi connectivity index (χ2v) is 5.95. The summed E-state index contributed by atoms with van der Waals surface area (Å²) in [7, 11) is 0. The first kappa shape index (κ1) is 14.7. The Labute approximate surface area is 143 Å². The molecule has 3 aromatic rings. The molecule has 118 valence electrons. The summed E-state index contributed by atoms with van der Waals surface area (Å²) in [5, 5.41) is 11.7. The molecule has 0 saturated heterocycles. The zero-order valence-electron chi connectivity index (χ0n) is 12.6. The van der Waals surface area contributed by atoms with Crippen molar-refractivity contribution in [3.63, 3.8) is 0 Å². The molecule has 1 aliphatic carbocycles. The number of nitrogens with one attached hydrogen (secondary N) is 2. The van der Waals surface area contributed by atoms with Crippen LogP contribution < -0.4 is 5.43 Å². The van der Waals surface area contributed by atoms with Crippen LogP contribution in [0.3, 0.4) is 0 Å². The minimum Gasteiger partial charge on any atom is -0.272 e. The number of carbonyl (C=O) groups is 1. The Balaban J connectivity index is 1.50. The molecular weight excluding hydrogens is 324 g/mol. The lowest BCUT2D eigenvalue weighted by atomic mass is 10.1. The Morgan fingerprint density at radius 1 is 1.21 bits per heavy atom. The van der Waals surface area contributed by atoms with Crippen LogP contribution in [0.2, 0.25) is 5.02 Å². The van der Waals surface area contributed by atoms with Gasteiger partial charge in [0.1, 0.15) is 5.69 Å². The number of halogens is 1. The summed E-state index contributed by atoms with van der Waals surface area (Å²) in [4.78, 5) is 12.3. The van der Waals surface area contributed by atoms with Crippen LogP contribution >= 0.6 is 11.6 Å². The number of hydrogen-bond donors (Lipinski definition) is 2. The molecule has 0 saturated carbocycles. The van der Waals surface area contributed by atoms with Gasteiger partial charge in [0.05, 0.1) is 11.9 Å². The standard InChI is InChI=1S/C18H13ClN4O/c19-13-7-5-11(6-8-13)10-20-23-18(24)17-15-9-12-3-1-2-4-14(12)16(15)21-22-17/h1-8,10H,9H2,(H,21,22)(H,23,24)/b20-10+. The summed E-state index contributed by atoms with van der Waals surface area (Å²) in [6.45, 7) is 0. The molecule has 6 heteroatoms. The van der Waals surface area contributed by atoms with Gasteiger partial charge < -0.3 is 0 Å². The molecule has 2 aromatic carbocycles. The van der Waals surface area contributed by atoms with Crippen molar-refractivity contribution in [2.75, 3.05) is 0 Å². The summed E-state index contributed by atoms with van der Waals surface area (Å²) in [6, 6.07) is 15.2. The van der Waals surface area contributed by atoms with Crippen LogP contribution in [0.15, 0.2) is 53.6 Å². The summed E-state index contributed by atoms with van der Waals surface area (Å²) in [5.74, 6) is -0.304. The van der Waals surface area contributed by atoms with Crippen LogP contribution in [0, 0.1) is 0 Å². The van der Waals surface area contributed by atoms with E-state index in [1.165, 1.54) is 5.56 Å². The lowest BCUT2D eigenvalue weighted by Gasteiger charge is -2.00. The maximum Gasteiger partial charge on any atom is 0.289 e. The van der Waals surface area contributed by atoms with Crippen molar-refractivity contribution in [1.82, 2.24) is 15.6 Å². The molecule has 2 N–H and O–H groups in total. The highest BCUT2D eigenvalue weighted by Gasteiger charge is 2.26. The molecule has 4 rings (SSSR count). The highest BCUT2D eigenvalue weighted by molar-refractivity contribution is 6.30. The number of aromatic amines is 1. The topological polar surface area (TPSA) is 70.1 Å². The van der Waals surface area contributed by atoms with Gasteiger partial charge in [-0.2, -0.15) is 10.2 Å². The summed E-state index contributed by atoms with van der Waals surface area (Å²) in [6.07, 6.45) is 2.27. The van der Waals surface area contributed by atoms with E-state index >= 15 is 0 Å². The summed E-state index contributed by atoms with van der Waals surface area (Å²) in [5.41, 5.74) is 7.85. The third kappa shape index (κ3) is 2.59. The Morgan fingerprint density at radius 3 is 2.83 bits per heavy atom. The molecular formula is C18H13ClN4O. The van der Waals surface area contributed by atoms with Crippen LogP contribution in [0.1, 0.15) is 27.2 Å². The third-order valence-corrected chi connectivity index (χ3v) is 4.24. The van der Waals surface area contributed by atoms with E-state index in [-0.39, 0.29) is 5.91 Å². The van der Waals surface area contributed by atoms with Gasteiger partial charge in [-0.25, -0.2) is 5.43 Å². The largest absolute Gasteiger partial charge is 0.289 e. The molecule has 0 spiro atoms. The minimum absolute atomic E-state index is 0.304. The first-order valence-corrected chi connectivity index (χ1v) is 7.84. The van der Waals surface area contributed by atoms with E-state index in [2.05, 4.69) is 26.8 Å². The number of hydrazone groups is 1. The van der Waals surface area contributed by atoms with Crippen LogP contribution in [0.25, 0.3) is 11.3 Å². The van der Waals surface area contributed by atoms with Crippen molar-refractivity contribution in [1.29, 1.82) is 0 Å². The Hall–Kier alpha value is -2.92. The average Bonchev–Trinajstić information content (AvgIpc) is 3.15. The van der Waals surface area contributed by atoms with Gasteiger partial charge in [0.2, 0.25) is 0 Å². The molecule has 0 fully saturated rings. The van der Waals surface area contributed by atoms with Crippen molar-refractivity contribution >= 4 is 23.7 Å². The van der Waals surface area contributed by atoms with E-state index in [9.17, 15) is 4.79 Å². The SMILES string of the molecule is O=C(N/N=C/c1ccc(Cl)cc1)c1[nH]nc2c1Cc1ccccc1-2. The highest BCUT2D eigenvalue weighted by atomic mass is 35.5. The molecule has 0 radical (unpaired) electrons. The van der Waals surface area contributed by atoms with Crippen LogP contribution in [0.4, 0.5) is 0 Å². The fraction of sp³-hybridized carbons (Fsp3) is 0.0556. The molecule has 24 heavy (non-hydrogen) atoms. The van der Waals surface area contributed by atoms with Gasteiger partial charge in [0.25, 0.3) is 5.91 Å². The van der Waals surface area contributed by atoms with E-state index in [4.69, 9.17) is 11.6 Å². The Morgan fingerprint density at radius 2 is 2.00 bits per heavy atom. The molecule has 0 atom stereocenters. The smallest absolute Gasteiger partial charge is 0.272 e. The van der Waals surface area contributed by atoms with Gasteiger partial charge in [0.15, 0.2) is 0 Å². The van der Waals surface area contributed by atoms with Crippen molar-refractivity contribution in [2.45, 2.75) is 6.42 Å². The van der Waals surface area contributed by atoms with Crippen LogP contribution in [-0.2, 0) is 6.42 Å². The number of nitrogens with zero attached hydrogens (tertiary/aromatic N) is 2. The fourth-order valence-electron chi connectivity index (χ4n) is 2.81. The average molecular weight is 337 g/mol. The zero-order chi connectivity index (χ0) is 16.5. The fourth-order valence-corrected chi connectivity index (χ4v) is 2.94. The summed E-state index contributed by atoms with van der Waals surface area (Å²) >= 11 is 5.83. The van der Waals surface area contributed by atoms with Gasteiger partial charge in [0, 0.05) is 22.6 Å². The number of fused-ring (bicyclic) bond motifs is 3. The monoisotopic (exact) mass is 336 g/mol. The van der Waals surface area contributed by atoms with Crippen molar-refractivity contribution in [3.8, 4) is 11.3 Å². The first-order valence-electron chi connectivity index (χ1n) is 7.47. The van der Waals surface area contributed by atoms with E-state index in [0.29, 0.717) is 17.1 Å². The lowest BCUT2D eigenvalue weighted by molar-refractivity contribution is 0.0949. The van der Waals surface area contributed by atoms with Crippen molar-refractivity contribution in [3.05, 3.63) is 75.9 Å². The normalized spacial score (nSPS) is 12.2. The number of carbonyl (C=O) groups excluding carboxylic acids is 1. The lowest BCUT2D eigenvalue weighted by Crippen LogP contribution is -2.19. The molecule has 0 bridgehead atoms. The van der Waals surface area contributed by atoms with E-state index < -0.39 is 0 Å². The van der Waals surface area contributed by atoms with E-state index in [0.717, 1.165) is 22.4 Å². The van der Waals surface area contributed by atoms with Crippen molar-refractivity contribution in [2.24, 2.45) is 5.10 Å². The molecule has 0 unspecified atom stereocenters. The maximum absolute atomic E-state index is 12.3. The molecule has 1 aliphatic rings. The zero-order valence-corrected chi connectivity index (χ0v) is 13.3. The number of aromatic nitrogens is 2. The third-order valence-electron chi connectivity index (χ3n) is 3.98. The molecule has 5 nitrogen and oxygen atoms in total. The predicted octanol–water partition coefficient (Wildman–Crippen LogP) is 3.40. The van der Waals surface area contributed by atoms with Gasteiger partial charge in [-0.05, 0) is 23.3 Å².